The summed E-state index contributed by atoms with van der Waals surface area (Å²) in [6.45, 7) is 0. The number of alkyl halides is 5. The maximum atomic E-state index is 13.1. The summed E-state index contributed by atoms with van der Waals surface area (Å²) in [5.41, 5.74) is -0.653. The monoisotopic (exact) mass is 264 g/mol. The average molecular weight is 264 g/mol. The van der Waals surface area contributed by atoms with E-state index >= 15 is 0 Å². The van der Waals surface area contributed by atoms with Gasteiger partial charge in [0.2, 0.25) is 0 Å². The van der Waals surface area contributed by atoms with Gasteiger partial charge in [-0.1, -0.05) is 12.1 Å². The first-order valence-electron chi connectivity index (χ1n) is 5.34. The van der Waals surface area contributed by atoms with E-state index < -0.39 is 17.7 Å². The minimum Gasteiger partial charge on any atom is -0.294 e. The Hall–Kier alpha value is -1.46. The molecule has 0 fully saturated rings. The van der Waals surface area contributed by atoms with E-state index in [-0.39, 0.29) is 17.8 Å². The topological polar surface area (TPSA) is 17.1 Å². The third-order valence-electron chi connectivity index (χ3n) is 2.98. The van der Waals surface area contributed by atoms with Crippen molar-refractivity contribution in [2.45, 2.75) is 31.4 Å². The van der Waals surface area contributed by atoms with E-state index in [1.807, 2.05) is 0 Å². The molecule has 1 aliphatic rings. The smallest absolute Gasteiger partial charge is 0.294 e. The van der Waals surface area contributed by atoms with Crippen molar-refractivity contribution in [1.29, 1.82) is 0 Å². The van der Waals surface area contributed by atoms with Gasteiger partial charge in [0.25, 0.3) is 0 Å². The Morgan fingerprint density at radius 3 is 2.28 bits per heavy atom. The molecule has 0 bridgehead atoms. The molecule has 0 spiro atoms. The summed E-state index contributed by atoms with van der Waals surface area (Å²) < 4.78 is 62.9. The van der Waals surface area contributed by atoms with E-state index in [1.165, 1.54) is 6.07 Å². The van der Waals surface area contributed by atoms with Crippen LogP contribution < -0.4 is 0 Å². The molecule has 0 aliphatic heterocycles. The van der Waals surface area contributed by atoms with Crippen LogP contribution in [0.3, 0.4) is 0 Å². The van der Waals surface area contributed by atoms with Gasteiger partial charge in [-0.2, -0.15) is 22.0 Å². The van der Waals surface area contributed by atoms with Gasteiger partial charge in [0.15, 0.2) is 5.78 Å². The summed E-state index contributed by atoms with van der Waals surface area (Å²) in [7, 11) is 0. The number of carbonyl (C=O) groups is 1. The third-order valence-corrected chi connectivity index (χ3v) is 2.98. The third kappa shape index (κ3) is 2.00. The lowest BCUT2D eigenvalue weighted by Crippen LogP contribution is -2.34. The number of Topliss-reactive ketones (excluding diaryl/α,β-unsaturated/α-hetero) is 1. The number of rotatable bonds is 1. The molecule has 0 saturated heterocycles. The SMILES string of the molecule is O=C1CCCc2ccc(C(F)(F)C(F)(F)F)cc21. The molecule has 0 aromatic heterocycles. The molecule has 0 N–H and O–H groups in total. The molecule has 1 aliphatic carbocycles. The molecule has 1 nitrogen and oxygen atoms in total. The number of benzene rings is 1. The Balaban J connectivity index is 2.49. The Morgan fingerprint density at radius 2 is 1.67 bits per heavy atom. The van der Waals surface area contributed by atoms with Crippen LogP contribution in [0.2, 0.25) is 0 Å². The zero-order valence-electron chi connectivity index (χ0n) is 9.15. The molecule has 0 radical (unpaired) electrons. The van der Waals surface area contributed by atoms with E-state index in [9.17, 15) is 26.7 Å². The van der Waals surface area contributed by atoms with Gasteiger partial charge >= 0.3 is 12.1 Å². The maximum Gasteiger partial charge on any atom is 0.458 e. The van der Waals surface area contributed by atoms with Crippen LogP contribution >= 0.6 is 0 Å². The maximum absolute atomic E-state index is 13.1. The zero-order valence-corrected chi connectivity index (χ0v) is 9.15. The van der Waals surface area contributed by atoms with Crippen molar-refractivity contribution in [1.82, 2.24) is 0 Å². The fraction of sp³-hybridized carbons (Fsp3) is 0.417. The first-order valence-corrected chi connectivity index (χ1v) is 5.34. The highest BCUT2D eigenvalue weighted by molar-refractivity contribution is 5.98. The van der Waals surface area contributed by atoms with Crippen LogP contribution in [-0.2, 0) is 12.3 Å². The van der Waals surface area contributed by atoms with E-state index in [0.29, 0.717) is 24.5 Å². The van der Waals surface area contributed by atoms with Gasteiger partial charge in [-0.15, -0.1) is 0 Å². The summed E-state index contributed by atoms with van der Waals surface area (Å²) >= 11 is 0. The highest BCUT2D eigenvalue weighted by Crippen LogP contribution is 2.44. The second-order valence-electron chi connectivity index (χ2n) is 4.22. The van der Waals surface area contributed by atoms with E-state index in [0.717, 1.165) is 6.07 Å². The van der Waals surface area contributed by atoms with Gasteiger partial charge in [-0.3, -0.25) is 4.79 Å². The minimum atomic E-state index is -5.65. The predicted octanol–water partition coefficient (Wildman–Crippen LogP) is 3.86. The molecule has 2 rings (SSSR count). The number of ketones is 1. The van der Waals surface area contributed by atoms with Crippen LogP contribution in [0, 0.1) is 0 Å². The standard InChI is InChI=1S/C12H9F5O/c13-11(14,12(15,16)17)8-5-4-7-2-1-3-10(18)9(7)6-8/h4-6H,1-3H2. The van der Waals surface area contributed by atoms with E-state index in [1.54, 1.807) is 0 Å². The first-order chi connectivity index (χ1) is 8.23. The Bertz CT molecular complexity index is 490. The average Bonchev–Trinajstić information content (AvgIpc) is 2.27. The highest BCUT2D eigenvalue weighted by atomic mass is 19.4. The fourth-order valence-electron chi connectivity index (χ4n) is 1.99. The molecule has 0 amide bonds. The Labute approximate surface area is 99.6 Å². The summed E-state index contributed by atoms with van der Waals surface area (Å²) in [4.78, 5) is 11.5. The normalized spacial score (nSPS) is 16.6. The van der Waals surface area contributed by atoms with Crippen LogP contribution in [0.25, 0.3) is 0 Å². The van der Waals surface area contributed by atoms with Crippen molar-refractivity contribution in [3.05, 3.63) is 34.9 Å². The minimum absolute atomic E-state index is 0.0114. The molecule has 0 unspecified atom stereocenters. The number of fused-ring (bicyclic) bond motifs is 1. The quantitative estimate of drug-likeness (QED) is 0.704. The van der Waals surface area contributed by atoms with Gasteiger partial charge in [0.1, 0.15) is 0 Å². The fourth-order valence-corrected chi connectivity index (χ4v) is 1.99. The van der Waals surface area contributed by atoms with Crippen LogP contribution in [0.15, 0.2) is 18.2 Å². The van der Waals surface area contributed by atoms with Crippen molar-refractivity contribution in [2.24, 2.45) is 0 Å². The number of hydrogen-bond acceptors (Lipinski definition) is 1. The molecule has 0 atom stereocenters. The Morgan fingerprint density at radius 1 is 1.00 bits per heavy atom. The van der Waals surface area contributed by atoms with E-state index in [2.05, 4.69) is 0 Å². The lowest BCUT2D eigenvalue weighted by Gasteiger charge is -2.22. The second-order valence-corrected chi connectivity index (χ2v) is 4.22. The summed E-state index contributed by atoms with van der Waals surface area (Å²) in [6.07, 6.45) is -4.34. The summed E-state index contributed by atoms with van der Waals surface area (Å²) in [6, 6.07) is 2.59. The van der Waals surface area contributed by atoms with Crippen molar-refractivity contribution >= 4 is 5.78 Å². The molecule has 18 heavy (non-hydrogen) atoms. The number of aryl methyl sites for hydroxylation is 1. The Kier molecular flexibility index (Phi) is 2.91. The molecule has 0 heterocycles. The first kappa shape index (κ1) is 13.0. The highest BCUT2D eigenvalue weighted by Gasteiger charge is 2.58. The van der Waals surface area contributed by atoms with E-state index in [4.69, 9.17) is 0 Å². The summed E-state index contributed by atoms with van der Waals surface area (Å²) in [5.74, 6) is -5.31. The van der Waals surface area contributed by atoms with Crippen LogP contribution in [-0.4, -0.2) is 12.0 Å². The van der Waals surface area contributed by atoms with Gasteiger partial charge in [0.05, 0.1) is 0 Å². The summed E-state index contributed by atoms with van der Waals surface area (Å²) in [5, 5.41) is 0. The van der Waals surface area contributed by atoms with Gasteiger partial charge in [-0.05, 0) is 24.5 Å². The predicted molar refractivity (Wildman–Crippen MR) is 53.7 cm³/mol. The van der Waals surface area contributed by atoms with Gasteiger partial charge < -0.3 is 0 Å². The van der Waals surface area contributed by atoms with Crippen molar-refractivity contribution in [3.63, 3.8) is 0 Å². The molecule has 1 aromatic carbocycles. The lowest BCUT2D eigenvalue weighted by atomic mass is 9.88. The second kappa shape index (κ2) is 4.03. The largest absolute Gasteiger partial charge is 0.458 e. The number of hydrogen-bond donors (Lipinski definition) is 0. The van der Waals surface area contributed by atoms with Crippen molar-refractivity contribution in [2.75, 3.05) is 0 Å². The molecular weight excluding hydrogens is 255 g/mol. The number of halogens is 5. The zero-order chi connectivity index (χ0) is 13.6. The number of carbonyl (C=O) groups excluding carboxylic acids is 1. The van der Waals surface area contributed by atoms with Gasteiger partial charge in [-0.25, -0.2) is 0 Å². The molecule has 0 saturated carbocycles. The van der Waals surface area contributed by atoms with Crippen molar-refractivity contribution < 1.29 is 26.7 Å². The van der Waals surface area contributed by atoms with Gasteiger partial charge in [0, 0.05) is 17.5 Å². The van der Waals surface area contributed by atoms with Crippen LogP contribution in [0.5, 0.6) is 0 Å². The van der Waals surface area contributed by atoms with Crippen LogP contribution in [0.4, 0.5) is 22.0 Å². The van der Waals surface area contributed by atoms with Crippen molar-refractivity contribution in [3.8, 4) is 0 Å². The molecular formula is C12H9F5O. The van der Waals surface area contributed by atoms with Crippen LogP contribution in [0.1, 0.15) is 34.3 Å². The molecule has 98 valence electrons. The molecule has 1 aromatic rings. The lowest BCUT2D eigenvalue weighted by molar-refractivity contribution is -0.289. The molecule has 6 heteroatoms.